The highest BCUT2D eigenvalue weighted by molar-refractivity contribution is 5.76. The number of hydrogen-bond acceptors (Lipinski definition) is 5. The fraction of sp³-hybridized carbons (Fsp3) is 0.500. The van der Waals surface area contributed by atoms with Crippen LogP contribution in [-0.4, -0.2) is 29.7 Å². The highest BCUT2D eigenvalue weighted by atomic mass is 16.6. The third kappa shape index (κ3) is 3.89. The van der Waals surface area contributed by atoms with E-state index in [0.29, 0.717) is 30.9 Å². The molecule has 0 saturated carbocycles. The first-order valence-electron chi connectivity index (χ1n) is 6.06. The van der Waals surface area contributed by atoms with Gasteiger partial charge < -0.3 is 15.7 Å². The van der Waals surface area contributed by atoms with Crippen LogP contribution in [0, 0.1) is 10.1 Å². The van der Waals surface area contributed by atoms with Gasteiger partial charge in [0, 0.05) is 19.7 Å². The molecule has 0 unspecified atom stereocenters. The van der Waals surface area contributed by atoms with Crippen LogP contribution in [0.2, 0.25) is 0 Å². The first kappa shape index (κ1) is 14.2. The van der Waals surface area contributed by atoms with Gasteiger partial charge in [-0.25, -0.2) is 0 Å². The van der Waals surface area contributed by atoms with Gasteiger partial charge in [0.15, 0.2) is 0 Å². The number of aliphatic hydroxyl groups excluding tert-OH is 1. The molecule has 6 heteroatoms. The maximum atomic E-state index is 11.1. The first-order valence-corrected chi connectivity index (χ1v) is 6.06. The standard InChI is InChI=1S/C12H19N3O3/c1-2-7-13-10-5-3-6-11(12(10)15(17)18)14-8-4-9-16/h3,5-6,13-14,16H,2,4,7-9H2,1H3. The van der Waals surface area contributed by atoms with E-state index in [4.69, 9.17) is 5.11 Å². The minimum atomic E-state index is -0.390. The van der Waals surface area contributed by atoms with Gasteiger partial charge in [0.25, 0.3) is 0 Å². The van der Waals surface area contributed by atoms with Gasteiger partial charge in [-0.2, -0.15) is 0 Å². The summed E-state index contributed by atoms with van der Waals surface area (Å²) in [7, 11) is 0. The van der Waals surface area contributed by atoms with Gasteiger partial charge in [-0.3, -0.25) is 10.1 Å². The monoisotopic (exact) mass is 253 g/mol. The van der Waals surface area contributed by atoms with Crippen molar-refractivity contribution >= 4 is 17.1 Å². The van der Waals surface area contributed by atoms with Crippen LogP contribution < -0.4 is 10.6 Å². The molecular weight excluding hydrogens is 234 g/mol. The zero-order valence-electron chi connectivity index (χ0n) is 10.5. The summed E-state index contributed by atoms with van der Waals surface area (Å²) in [5, 5.41) is 25.8. The van der Waals surface area contributed by atoms with Crippen molar-refractivity contribution in [2.45, 2.75) is 19.8 Å². The number of hydrogen-bond donors (Lipinski definition) is 3. The molecule has 0 atom stereocenters. The average molecular weight is 253 g/mol. The Morgan fingerprint density at radius 3 is 2.39 bits per heavy atom. The molecular formula is C12H19N3O3. The normalized spacial score (nSPS) is 10.1. The Kier molecular flexibility index (Phi) is 5.93. The van der Waals surface area contributed by atoms with Crippen LogP contribution in [0.1, 0.15) is 19.8 Å². The second kappa shape index (κ2) is 7.50. The Labute approximate surface area is 106 Å². The summed E-state index contributed by atoms with van der Waals surface area (Å²) in [5.74, 6) is 0. The number of nitro groups is 1. The van der Waals surface area contributed by atoms with Gasteiger partial charge in [-0.1, -0.05) is 13.0 Å². The van der Waals surface area contributed by atoms with E-state index in [1.807, 2.05) is 6.92 Å². The molecule has 3 N–H and O–H groups in total. The lowest BCUT2D eigenvalue weighted by molar-refractivity contribution is -0.383. The zero-order chi connectivity index (χ0) is 13.4. The molecule has 1 aromatic carbocycles. The van der Waals surface area contributed by atoms with Gasteiger partial charge in [-0.15, -0.1) is 0 Å². The molecule has 0 aliphatic carbocycles. The van der Waals surface area contributed by atoms with Gasteiger partial charge in [0.2, 0.25) is 0 Å². The van der Waals surface area contributed by atoms with Crippen LogP contribution in [0.5, 0.6) is 0 Å². The maximum absolute atomic E-state index is 11.1. The van der Waals surface area contributed by atoms with Crippen molar-refractivity contribution in [2.75, 3.05) is 30.3 Å². The van der Waals surface area contributed by atoms with Crippen LogP contribution in [0.4, 0.5) is 17.1 Å². The number of benzene rings is 1. The fourth-order valence-electron chi connectivity index (χ4n) is 1.59. The lowest BCUT2D eigenvalue weighted by Gasteiger charge is -2.10. The summed E-state index contributed by atoms with van der Waals surface area (Å²) in [6.45, 7) is 3.27. The van der Waals surface area contributed by atoms with Gasteiger partial charge >= 0.3 is 5.69 Å². The van der Waals surface area contributed by atoms with Gasteiger partial charge in [-0.05, 0) is 25.0 Å². The summed E-state index contributed by atoms with van der Waals surface area (Å²) < 4.78 is 0. The third-order valence-corrected chi connectivity index (χ3v) is 2.43. The van der Waals surface area contributed by atoms with Crippen LogP contribution in [0.3, 0.4) is 0 Å². The quantitative estimate of drug-likeness (QED) is 0.375. The predicted molar refractivity (Wildman–Crippen MR) is 72.1 cm³/mol. The molecule has 1 rings (SSSR count). The summed E-state index contributed by atoms with van der Waals surface area (Å²) in [5.41, 5.74) is 1.06. The molecule has 1 aromatic rings. The van der Waals surface area contributed by atoms with E-state index in [1.165, 1.54) is 0 Å². The highest BCUT2D eigenvalue weighted by Gasteiger charge is 2.18. The molecule has 0 radical (unpaired) electrons. The summed E-state index contributed by atoms with van der Waals surface area (Å²) in [4.78, 5) is 10.7. The van der Waals surface area contributed by atoms with E-state index in [-0.39, 0.29) is 17.2 Å². The third-order valence-electron chi connectivity index (χ3n) is 2.43. The fourth-order valence-corrected chi connectivity index (χ4v) is 1.59. The number of para-hydroxylation sites is 1. The zero-order valence-corrected chi connectivity index (χ0v) is 10.5. The number of anilines is 2. The number of nitrogens with zero attached hydrogens (tertiary/aromatic N) is 1. The van der Waals surface area contributed by atoms with Gasteiger partial charge in [0.1, 0.15) is 11.4 Å². The van der Waals surface area contributed by atoms with Crippen LogP contribution in [0.15, 0.2) is 18.2 Å². The Morgan fingerprint density at radius 1 is 1.28 bits per heavy atom. The van der Waals surface area contributed by atoms with Crippen molar-refractivity contribution in [1.82, 2.24) is 0 Å². The molecule has 0 fully saturated rings. The van der Waals surface area contributed by atoms with Crippen molar-refractivity contribution in [1.29, 1.82) is 0 Å². The molecule has 0 aliphatic rings. The predicted octanol–water partition coefficient (Wildman–Crippen LogP) is 2.21. The van der Waals surface area contributed by atoms with Crippen LogP contribution in [-0.2, 0) is 0 Å². The van der Waals surface area contributed by atoms with Crippen LogP contribution >= 0.6 is 0 Å². The Morgan fingerprint density at radius 2 is 1.89 bits per heavy atom. The molecule has 0 bridgehead atoms. The average Bonchev–Trinajstić information content (AvgIpc) is 2.36. The second-order valence-electron chi connectivity index (χ2n) is 3.89. The Balaban J connectivity index is 2.90. The Bertz CT molecular complexity index is 396. The first-order chi connectivity index (χ1) is 8.70. The molecule has 0 amide bonds. The van der Waals surface area contributed by atoms with Crippen molar-refractivity contribution in [3.63, 3.8) is 0 Å². The topological polar surface area (TPSA) is 87.4 Å². The molecule has 100 valence electrons. The molecule has 0 aromatic heterocycles. The van der Waals surface area contributed by atoms with Crippen LogP contribution in [0.25, 0.3) is 0 Å². The number of aliphatic hydroxyl groups is 1. The number of rotatable bonds is 8. The van der Waals surface area contributed by atoms with E-state index in [1.54, 1.807) is 18.2 Å². The smallest absolute Gasteiger partial charge is 0.315 e. The molecule has 0 saturated heterocycles. The van der Waals surface area contributed by atoms with Crippen molar-refractivity contribution in [2.24, 2.45) is 0 Å². The van der Waals surface area contributed by atoms with E-state index >= 15 is 0 Å². The summed E-state index contributed by atoms with van der Waals surface area (Å²) >= 11 is 0. The van der Waals surface area contributed by atoms with E-state index in [0.717, 1.165) is 6.42 Å². The highest BCUT2D eigenvalue weighted by Crippen LogP contribution is 2.32. The largest absolute Gasteiger partial charge is 0.396 e. The molecule has 0 aliphatic heterocycles. The molecule has 0 heterocycles. The van der Waals surface area contributed by atoms with Crippen molar-refractivity contribution < 1.29 is 10.0 Å². The summed E-state index contributed by atoms with van der Waals surface area (Å²) in [6, 6.07) is 5.14. The maximum Gasteiger partial charge on any atom is 0.315 e. The minimum absolute atomic E-state index is 0.0592. The Hall–Kier alpha value is -1.82. The lowest BCUT2D eigenvalue weighted by atomic mass is 10.2. The van der Waals surface area contributed by atoms with Crippen molar-refractivity contribution in [3.05, 3.63) is 28.3 Å². The molecule has 6 nitrogen and oxygen atoms in total. The minimum Gasteiger partial charge on any atom is -0.396 e. The number of nitrogens with one attached hydrogen (secondary N) is 2. The lowest BCUT2D eigenvalue weighted by Crippen LogP contribution is -2.08. The van der Waals surface area contributed by atoms with E-state index < -0.39 is 0 Å². The summed E-state index contributed by atoms with van der Waals surface area (Å²) in [6.07, 6.45) is 1.46. The van der Waals surface area contributed by atoms with Crippen molar-refractivity contribution in [3.8, 4) is 0 Å². The van der Waals surface area contributed by atoms with E-state index in [9.17, 15) is 10.1 Å². The number of nitro benzene ring substituents is 1. The molecule has 18 heavy (non-hydrogen) atoms. The molecule has 0 spiro atoms. The second-order valence-corrected chi connectivity index (χ2v) is 3.89. The van der Waals surface area contributed by atoms with E-state index in [2.05, 4.69) is 10.6 Å². The SMILES string of the molecule is CCCNc1cccc(NCCCO)c1[N+](=O)[O-]. The van der Waals surface area contributed by atoms with Gasteiger partial charge in [0.05, 0.1) is 4.92 Å².